The zero-order chi connectivity index (χ0) is 23.6. The third kappa shape index (κ3) is 5.26. The maximum Gasteiger partial charge on any atom is 0.276 e. The van der Waals surface area contributed by atoms with E-state index < -0.39 is 10.0 Å². The van der Waals surface area contributed by atoms with Gasteiger partial charge in [-0.05, 0) is 62.9 Å². The lowest BCUT2D eigenvalue weighted by atomic mass is 9.98. The van der Waals surface area contributed by atoms with Gasteiger partial charge >= 0.3 is 0 Å². The summed E-state index contributed by atoms with van der Waals surface area (Å²) in [4.78, 5) is 15.1. The van der Waals surface area contributed by atoms with Gasteiger partial charge in [0.05, 0.1) is 16.3 Å². The Kier molecular flexibility index (Phi) is 6.83. The number of benzene rings is 2. The number of aromatic nitrogens is 3. The second kappa shape index (κ2) is 9.62. The Morgan fingerprint density at radius 1 is 1.18 bits per heavy atom. The maximum absolute atomic E-state index is 13.2. The lowest BCUT2D eigenvalue weighted by Crippen LogP contribution is -2.44. The van der Waals surface area contributed by atoms with Gasteiger partial charge in [-0.15, -0.1) is 5.10 Å². The van der Waals surface area contributed by atoms with Gasteiger partial charge in [0.1, 0.15) is 0 Å². The largest absolute Gasteiger partial charge is 0.337 e. The standard InChI is InChI=1S/C23H26ClN5O3S/c1-16-8-10-21(11-9-16)33(31,32)25-14-18-5-4-12-28(15-18)23(30)22-17(2)29(27-26-22)20-7-3-6-19(24)13-20/h3,6-11,13,18,25H,4-5,12,14-15H2,1-2H3. The predicted octanol–water partition coefficient (Wildman–Crippen LogP) is 3.37. The lowest BCUT2D eigenvalue weighted by molar-refractivity contribution is 0.0669. The number of nitrogens with zero attached hydrogens (tertiary/aromatic N) is 4. The molecule has 0 saturated carbocycles. The summed E-state index contributed by atoms with van der Waals surface area (Å²) in [5, 5.41) is 8.83. The number of aryl methyl sites for hydroxylation is 1. The Balaban J connectivity index is 1.42. The minimum Gasteiger partial charge on any atom is -0.337 e. The van der Waals surface area contributed by atoms with Crippen LogP contribution < -0.4 is 4.72 Å². The van der Waals surface area contributed by atoms with Crippen LogP contribution in [0.4, 0.5) is 0 Å². The molecule has 33 heavy (non-hydrogen) atoms. The molecule has 1 atom stereocenters. The molecular weight excluding hydrogens is 462 g/mol. The first-order chi connectivity index (χ1) is 15.7. The molecule has 8 nitrogen and oxygen atoms in total. The van der Waals surface area contributed by atoms with Crippen LogP contribution in [0.25, 0.3) is 5.69 Å². The highest BCUT2D eigenvalue weighted by Gasteiger charge is 2.29. The first-order valence-corrected chi connectivity index (χ1v) is 12.6. The molecule has 4 rings (SSSR count). The highest BCUT2D eigenvalue weighted by atomic mass is 35.5. The third-order valence-corrected chi connectivity index (χ3v) is 7.52. The molecule has 1 aliphatic rings. The average Bonchev–Trinajstić information content (AvgIpc) is 3.19. The van der Waals surface area contributed by atoms with Crippen LogP contribution >= 0.6 is 11.6 Å². The molecule has 1 N–H and O–H groups in total. The SMILES string of the molecule is Cc1ccc(S(=O)(=O)NCC2CCCN(C(=O)c3nnn(-c4cccc(Cl)c4)c3C)C2)cc1. The molecule has 1 aromatic heterocycles. The van der Waals surface area contributed by atoms with Crippen molar-refractivity contribution in [1.82, 2.24) is 24.6 Å². The van der Waals surface area contributed by atoms with E-state index in [4.69, 9.17) is 11.6 Å². The normalized spacial score (nSPS) is 16.7. The Bertz CT molecular complexity index is 1260. The molecule has 10 heteroatoms. The van der Waals surface area contributed by atoms with E-state index in [-0.39, 0.29) is 29.0 Å². The minimum atomic E-state index is -3.59. The monoisotopic (exact) mass is 487 g/mol. The van der Waals surface area contributed by atoms with Crippen LogP contribution in [0.2, 0.25) is 5.02 Å². The van der Waals surface area contributed by atoms with Crippen LogP contribution in [0.15, 0.2) is 53.4 Å². The molecule has 0 spiro atoms. The highest BCUT2D eigenvalue weighted by molar-refractivity contribution is 7.89. The van der Waals surface area contributed by atoms with Gasteiger partial charge in [0.25, 0.3) is 5.91 Å². The second-order valence-corrected chi connectivity index (χ2v) is 10.5. The summed E-state index contributed by atoms with van der Waals surface area (Å²) in [7, 11) is -3.59. The molecule has 3 aromatic rings. The van der Waals surface area contributed by atoms with E-state index in [1.165, 1.54) is 0 Å². The van der Waals surface area contributed by atoms with Crippen LogP contribution in [0.1, 0.15) is 34.6 Å². The molecule has 2 aromatic carbocycles. The molecule has 1 saturated heterocycles. The molecule has 1 aliphatic heterocycles. The molecule has 1 fully saturated rings. The number of carbonyl (C=O) groups excluding carboxylic acids is 1. The zero-order valence-corrected chi connectivity index (χ0v) is 20.1. The van der Waals surface area contributed by atoms with E-state index in [9.17, 15) is 13.2 Å². The van der Waals surface area contributed by atoms with Crippen molar-refractivity contribution in [3.05, 3.63) is 70.5 Å². The number of hydrogen-bond acceptors (Lipinski definition) is 5. The van der Waals surface area contributed by atoms with Crippen molar-refractivity contribution in [2.45, 2.75) is 31.6 Å². The van der Waals surface area contributed by atoms with E-state index in [0.29, 0.717) is 23.8 Å². The van der Waals surface area contributed by atoms with Crippen molar-refractivity contribution in [3.63, 3.8) is 0 Å². The Labute approximate surface area is 198 Å². The number of piperidine rings is 1. The van der Waals surface area contributed by atoms with Crippen molar-refractivity contribution < 1.29 is 13.2 Å². The van der Waals surface area contributed by atoms with Crippen LogP contribution in [-0.2, 0) is 10.0 Å². The first kappa shape index (κ1) is 23.4. The summed E-state index contributed by atoms with van der Waals surface area (Å²) in [6.45, 7) is 5.04. The van der Waals surface area contributed by atoms with Gasteiger partial charge in [-0.2, -0.15) is 0 Å². The number of rotatable bonds is 6. The van der Waals surface area contributed by atoms with Gasteiger partial charge < -0.3 is 4.90 Å². The van der Waals surface area contributed by atoms with E-state index in [2.05, 4.69) is 15.0 Å². The summed E-state index contributed by atoms with van der Waals surface area (Å²) >= 11 is 6.08. The minimum absolute atomic E-state index is 0.0196. The predicted molar refractivity (Wildman–Crippen MR) is 126 cm³/mol. The fourth-order valence-electron chi connectivity index (χ4n) is 3.97. The Hall–Kier alpha value is -2.75. The maximum atomic E-state index is 13.2. The van der Waals surface area contributed by atoms with Crippen LogP contribution in [0.5, 0.6) is 0 Å². The van der Waals surface area contributed by atoms with Crippen molar-refractivity contribution in [1.29, 1.82) is 0 Å². The summed E-state index contributed by atoms with van der Waals surface area (Å²) in [6, 6.07) is 13.9. The van der Waals surface area contributed by atoms with Crippen molar-refractivity contribution in [2.24, 2.45) is 5.92 Å². The van der Waals surface area contributed by atoms with Crippen LogP contribution in [0, 0.1) is 19.8 Å². The third-order valence-electron chi connectivity index (χ3n) is 5.85. The fraction of sp³-hybridized carbons (Fsp3) is 0.348. The van der Waals surface area contributed by atoms with Gasteiger partial charge in [0.2, 0.25) is 10.0 Å². The number of amides is 1. The van der Waals surface area contributed by atoms with Crippen LogP contribution in [-0.4, -0.2) is 53.9 Å². The summed E-state index contributed by atoms with van der Waals surface area (Å²) in [5.41, 5.74) is 2.65. The van der Waals surface area contributed by atoms with Gasteiger partial charge in [-0.1, -0.05) is 40.6 Å². The molecule has 0 aliphatic carbocycles. The zero-order valence-electron chi connectivity index (χ0n) is 18.5. The number of hydrogen-bond donors (Lipinski definition) is 1. The number of halogens is 1. The Morgan fingerprint density at radius 2 is 1.94 bits per heavy atom. The summed E-state index contributed by atoms with van der Waals surface area (Å²) < 4.78 is 29.5. The van der Waals surface area contributed by atoms with Crippen molar-refractivity contribution >= 4 is 27.5 Å². The smallest absolute Gasteiger partial charge is 0.276 e. The first-order valence-electron chi connectivity index (χ1n) is 10.8. The number of carbonyl (C=O) groups is 1. The van der Waals surface area contributed by atoms with E-state index in [1.807, 2.05) is 19.1 Å². The molecule has 1 amide bonds. The average molecular weight is 488 g/mol. The Morgan fingerprint density at radius 3 is 2.67 bits per heavy atom. The lowest BCUT2D eigenvalue weighted by Gasteiger charge is -2.32. The highest BCUT2D eigenvalue weighted by Crippen LogP contribution is 2.21. The van der Waals surface area contributed by atoms with Crippen molar-refractivity contribution in [2.75, 3.05) is 19.6 Å². The number of likely N-dealkylation sites (tertiary alicyclic amines) is 1. The molecular formula is C23H26ClN5O3S. The van der Waals surface area contributed by atoms with Gasteiger partial charge in [0.15, 0.2) is 5.69 Å². The topological polar surface area (TPSA) is 97.2 Å². The molecule has 0 bridgehead atoms. The van der Waals surface area contributed by atoms with E-state index >= 15 is 0 Å². The molecule has 2 heterocycles. The molecule has 0 radical (unpaired) electrons. The summed E-state index contributed by atoms with van der Waals surface area (Å²) in [6.07, 6.45) is 1.64. The quantitative estimate of drug-likeness (QED) is 0.575. The fourth-order valence-corrected chi connectivity index (χ4v) is 5.27. The number of nitrogens with one attached hydrogen (secondary N) is 1. The van der Waals surface area contributed by atoms with Gasteiger partial charge in [0, 0.05) is 24.7 Å². The van der Waals surface area contributed by atoms with Gasteiger partial charge in [-0.3, -0.25) is 4.79 Å². The van der Waals surface area contributed by atoms with Crippen molar-refractivity contribution in [3.8, 4) is 5.69 Å². The number of sulfonamides is 1. The van der Waals surface area contributed by atoms with E-state index in [0.717, 1.165) is 24.1 Å². The molecule has 1 unspecified atom stereocenters. The second-order valence-electron chi connectivity index (χ2n) is 8.34. The van der Waals surface area contributed by atoms with E-state index in [1.54, 1.807) is 52.9 Å². The molecule has 174 valence electrons. The van der Waals surface area contributed by atoms with Gasteiger partial charge in [-0.25, -0.2) is 17.8 Å². The summed E-state index contributed by atoms with van der Waals surface area (Å²) in [5.74, 6) is -0.182. The van der Waals surface area contributed by atoms with Crippen LogP contribution in [0.3, 0.4) is 0 Å².